The van der Waals surface area contributed by atoms with Crippen LogP contribution in [0.25, 0.3) is 0 Å². The van der Waals surface area contributed by atoms with E-state index in [-0.39, 0.29) is 19.0 Å². The average Bonchev–Trinajstić information content (AvgIpc) is 2.47. The third-order valence-corrected chi connectivity index (χ3v) is 3.66. The van der Waals surface area contributed by atoms with Crippen LogP contribution in [0.4, 0.5) is 10.1 Å². The average molecular weight is 375 g/mol. The van der Waals surface area contributed by atoms with Crippen LogP contribution in [-0.2, 0) is 0 Å². The van der Waals surface area contributed by atoms with Crippen LogP contribution in [-0.4, -0.2) is 24.4 Å². The summed E-state index contributed by atoms with van der Waals surface area (Å²) < 4.78 is 19.3. The highest BCUT2D eigenvalue weighted by atomic mass is 79.9. The van der Waals surface area contributed by atoms with Gasteiger partial charge in [0.05, 0.1) is 5.69 Å². The predicted molar refractivity (Wildman–Crippen MR) is 85.5 cm³/mol. The van der Waals surface area contributed by atoms with E-state index in [1.807, 2.05) is 0 Å². The maximum atomic E-state index is 13.1. The Morgan fingerprint density at radius 3 is 2.67 bits per heavy atom. The highest BCUT2D eigenvalue weighted by Crippen LogP contribution is 2.23. The number of ether oxygens (including phenoxy) is 1. The molecule has 0 aliphatic rings. The van der Waals surface area contributed by atoms with Crippen LogP contribution in [0.5, 0.6) is 5.75 Å². The molecule has 0 bridgehead atoms. The lowest BCUT2D eigenvalue weighted by molar-refractivity contribution is 0.117. The van der Waals surface area contributed by atoms with E-state index in [9.17, 15) is 9.50 Å². The molecule has 1 unspecified atom stereocenters. The van der Waals surface area contributed by atoms with E-state index in [0.717, 1.165) is 4.47 Å². The number of hydrogen-bond acceptors (Lipinski definition) is 3. The molecule has 0 aliphatic carbocycles. The molecule has 0 spiro atoms. The second-order valence-electron chi connectivity index (χ2n) is 4.42. The Kier molecular flexibility index (Phi) is 5.85. The molecule has 2 aromatic carbocycles. The van der Waals surface area contributed by atoms with Crippen molar-refractivity contribution < 1.29 is 14.2 Å². The van der Waals surface area contributed by atoms with E-state index in [2.05, 4.69) is 21.2 Å². The highest BCUT2D eigenvalue weighted by molar-refractivity contribution is 9.10. The van der Waals surface area contributed by atoms with Crippen molar-refractivity contribution in [3.05, 3.63) is 57.8 Å². The molecule has 2 N–H and O–H groups in total. The zero-order valence-corrected chi connectivity index (χ0v) is 13.4. The minimum atomic E-state index is -0.726. The molecular weight excluding hydrogens is 361 g/mol. The molecule has 2 rings (SSSR count). The number of hydrogen-bond donors (Lipinski definition) is 2. The Balaban J connectivity index is 1.80. The van der Waals surface area contributed by atoms with Gasteiger partial charge in [-0.25, -0.2) is 4.39 Å². The standard InChI is InChI=1S/C15H14BrClFNO2/c16-14-6-3-11(18)7-15(14)19-8-12(20)9-21-13-4-1-10(17)2-5-13/h1-7,12,19-20H,8-9H2. The lowest BCUT2D eigenvalue weighted by atomic mass is 10.3. The monoisotopic (exact) mass is 373 g/mol. The maximum Gasteiger partial charge on any atom is 0.125 e. The van der Waals surface area contributed by atoms with Crippen LogP contribution >= 0.6 is 27.5 Å². The predicted octanol–water partition coefficient (Wildman–Crippen LogP) is 4.09. The van der Waals surface area contributed by atoms with E-state index in [0.29, 0.717) is 16.5 Å². The van der Waals surface area contributed by atoms with Gasteiger partial charge in [-0.2, -0.15) is 0 Å². The van der Waals surface area contributed by atoms with E-state index in [1.54, 1.807) is 30.3 Å². The molecule has 2 aromatic rings. The fourth-order valence-electron chi connectivity index (χ4n) is 1.64. The van der Waals surface area contributed by atoms with Crippen molar-refractivity contribution in [3.8, 4) is 5.75 Å². The van der Waals surface area contributed by atoms with Gasteiger partial charge in [0.2, 0.25) is 0 Å². The summed E-state index contributed by atoms with van der Waals surface area (Å²) in [6.07, 6.45) is -0.726. The van der Waals surface area contributed by atoms with Crippen LogP contribution in [0.3, 0.4) is 0 Å². The third-order valence-electron chi connectivity index (χ3n) is 2.71. The van der Waals surface area contributed by atoms with Crippen molar-refractivity contribution in [1.29, 1.82) is 0 Å². The van der Waals surface area contributed by atoms with Gasteiger partial charge in [-0.3, -0.25) is 0 Å². The summed E-state index contributed by atoms with van der Waals surface area (Å²) in [5.41, 5.74) is 0.584. The molecule has 0 saturated heterocycles. The van der Waals surface area contributed by atoms with Crippen LogP contribution in [0, 0.1) is 5.82 Å². The van der Waals surface area contributed by atoms with Gasteiger partial charge in [-0.05, 0) is 58.4 Å². The lowest BCUT2D eigenvalue weighted by Crippen LogP contribution is -2.26. The number of halogens is 3. The minimum Gasteiger partial charge on any atom is -0.491 e. The molecule has 3 nitrogen and oxygen atoms in total. The van der Waals surface area contributed by atoms with Gasteiger partial charge in [0.15, 0.2) is 0 Å². The third kappa shape index (κ3) is 5.19. The molecular formula is C15H14BrClFNO2. The molecule has 21 heavy (non-hydrogen) atoms. The topological polar surface area (TPSA) is 41.5 Å². The van der Waals surface area contributed by atoms with E-state index in [1.165, 1.54) is 12.1 Å². The number of anilines is 1. The number of aliphatic hydroxyl groups is 1. The minimum absolute atomic E-state index is 0.127. The second-order valence-corrected chi connectivity index (χ2v) is 5.71. The Morgan fingerprint density at radius 2 is 1.95 bits per heavy atom. The zero-order valence-electron chi connectivity index (χ0n) is 11.0. The zero-order chi connectivity index (χ0) is 15.2. The van der Waals surface area contributed by atoms with Crippen LogP contribution in [0.15, 0.2) is 46.9 Å². The summed E-state index contributed by atoms with van der Waals surface area (Å²) in [7, 11) is 0. The normalized spacial score (nSPS) is 12.0. The van der Waals surface area contributed by atoms with E-state index >= 15 is 0 Å². The Bertz CT molecular complexity index is 595. The van der Waals surface area contributed by atoms with Gasteiger partial charge in [0, 0.05) is 16.0 Å². The number of nitrogens with one attached hydrogen (secondary N) is 1. The summed E-state index contributed by atoms with van der Waals surface area (Å²) in [6.45, 7) is 0.372. The Morgan fingerprint density at radius 1 is 1.24 bits per heavy atom. The summed E-state index contributed by atoms with van der Waals surface area (Å²) in [4.78, 5) is 0. The molecule has 0 radical (unpaired) electrons. The smallest absolute Gasteiger partial charge is 0.125 e. The number of aliphatic hydroxyl groups excluding tert-OH is 1. The van der Waals surface area contributed by atoms with Crippen LogP contribution < -0.4 is 10.1 Å². The molecule has 0 saturated carbocycles. The molecule has 0 fully saturated rings. The SMILES string of the molecule is OC(CNc1cc(F)ccc1Br)COc1ccc(Cl)cc1. The molecule has 112 valence electrons. The van der Waals surface area contributed by atoms with Crippen molar-refractivity contribution in [2.45, 2.75) is 6.10 Å². The summed E-state index contributed by atoms with van der Waals surface area (Å²) >= 11 is 9.08. The number of rotatable bonds is 6. The van der Waals surface area contributed by atoms with Gasteiger partial charge in [0.25, 0.3) is 0 Å². The second kappa shape index (κ2) is 7.64. The lowest BCUT2D eigenvalue weighted by Gasteiger charge is -2.15. The quantitative estimate of drug-likeness (QED) is 0.800. The van der Waals surface area contributed by atoms with Crippen molar-refractivity contribution >= 4 is 33.2 Å². The first-order chi connectivity index (χ1) is 10.0. The fourth-order valence-corrected chi connectivity index (χ4v) is 2.16. The molecule has 1 atom stereocenters. The fraction of sp³-hybridized carbons (Fsp3) is 0.200. The van der Waals surface area contributed by atoms with Gasteiger partial charge in [-0.15, -0.1) is 0 Å². The van der Waals surface area contributed by atoms with Crippen molar-refractivity contribution in [1.82, 2.24) is 0 Å². The van der Waals surface area contributed by atoms with Gasteiger partial charge in [0.1, 0.15) is 24.3 Å². The molecule has 6 heteroatoms. The van der Waals surface area contributed by atoms with Gasteiger partial charge < -0.3 is 15.2 Å². The first-order valence-electron chi connectivity index (χ1n) is 6.30. The summed E-state index contributed by atoms with van der Waals surface area (Å²) in [6, 6.07) is 11.2. The van der Waals surface area contributed by atoms with Gasteiger partial charge >= 0.3 is 0 Å². The van der Waals surface area contributed by atoms with Crippen molar-refractivity contribution in [2.75, 3.05) is 18.5 Å². The molecule has 0 amide bonds. The Hall–Kier alpha value is -1.30. The first kappa shape index (κ1) is 16.1. The molecule has 0 aliphatic heterocycles. The summed E-state index contributed by atoms with van der Waals surface area (Å²) in [5, 5.41) is 13.5. The van der Waals surface area contributed by atoms with Crippen molar-refractivity contribution in [2.24, 2.45) is 0 Å². The van der Waals surface area contributed by atoms with E-state index in [4.69, 9.17) is 16.3 Å². The highest BCUT2D eigenvalue weighted by Gasteiger charge is 2.07. The van der Waals surface area contributed by atoms with Crippen molar-refractivity contribution in [3.63, 3.8) is 0 Å². The Labute approximate surface area is 135 Å². The number of benzene rings is 2. The van der Waals surface area contributed by atoms with Crippen LogP contribution in [0.1, 0.15) is 0 Å². The molecule has 0 heterocycles. The first-order valence-corrected chi connectivity index (χ1v) is 7.47. The summed E-state index contributed by atoms with van der Waals surface area (Å²) in [5.74, 6) is 0.290. The van der Waals surface area contributed by atoms with Gasteiger partial charge in [-0.1, -0.05) is 11.6 Å². The maximum absolute atomic E-state index is 13.1. The van der Waals surface area contributed by atoms with E-state index < -0.39 is 6.10 Å². The molecule has 0 aromatic heterocycles. The van der Waals surface area contributed by atoms with Crippen LogP contribution in [0.2, 0.25) is 5.02 Å². The largest absolute Gasteiger partial charge is 0.491 e.